The minimum Gasteiger partial charge on any atom is -0.306 e. The molecule has 2 rings (SSSR count). The molecule has 1 nitrogen and oxygen atoms in total. The van der Waals surface area contributed by atoms with Crippen LogP contribution in [0.4, 0.5) is 0 Å². The van der Waals surface area contributed by atoms with Gasteiger partial charge in [0.15, 0.2) is 0 Å². The number of hydrogen-bond donors (Lipinski definition) is 1. The zero-order valence-electron chi connectivity index (χ0n) is 12.4. The Bertz CT molecular complexity index is 577. The molecule has 1 N–H and O–H groups in total. The zero-order chi connectivity index (χ0) is 14.5. The Morgan fingerprint density at radius 1 is 1.10 bits per heavy atom. The number of nitrogens with one attached hydrogen (secondary N) is 1. The molecule has 0 bridgehead atoms. The van der Waals surface area contributed by atoms with Crippen LogP contribution in [0.15, 0.2) is 42.5 Å². The van der Waals surface area contributed by atoms with Crippen LogP contribution in [-0.2, 0) is 6.54 Å². The molecule has 0 amide bonds. The van der Waals surface area contributed by atoms with Crippen molar-refractivity contribution in [3.05, 3.63) is 69.7 Å². The molecule has 20 heavy (non-hydrogen) atoms. The molecule has 1 atom stereocenters. The van der Waals surface area contributed by atoms with Crippen LogP contribution in [0.25, 0.3) is 0 Å². The van der Waals surface area contributed by atoms with Gasteiger partial charge in [0, 0.05) is 17.6 Å². The number of benzene rings is 2. The highest BCUT2D eigenvalue weighted by Gasteiger charge is 2.09. The van der Waals surface area contributed by atoms with E-state index < -0.39 is 0 Å². The highest BCUT2D eigenvalue weighted by Crippen LogP contribution is 2.21. The van der Waals surface area contributed by atoms with E-state index in [1.54, 1.807) is 0 Å². The lowest BCUT2D eigenvalue weighted by Crippen LogP contribution is -2.20. The molecule has 0 aliphatic rings. The summed E-state index contributed by atoms with van der Waals surface area (Å²) in [5, 5.41) is 4.43. The van der Waals surface area contributed by atoms with E-state index in [0.29, 0.717) is 6.04 Å². The van der Waals surface area contributed by atoms with E-state index >= 15 is 0 Å². The van der Waals surface area contributed by atoms with Crippen molar-refractivity contribution >= 4 is 11.6 Å². The fourth-order valence-electron chi connectivity index (χ4n) is 2.50. The van der Waals surface area contributed by atoms with E-state index in [1.807, 2.05) is 18.2 Å². The van der Waals surface area contributed by atoms with Gasteiger partial charge in [-0.15, -0.1) is 0 Å². The molecule has 106 valence electrons. The lowest BCUT2D eigenvalue weighted by molar-refractivity contribution is 0.518. The molecule has 0 aliphatic carbocycles. The Morgan fingerprint density at radius 2 is 1.90 bits per heavy atom. The van der Waals surface area contributed by atoms with Crippen LogP contribution < -0.4 is 5.32 Å². The average Bonchev–Trinajstić information content (AvgIpc) is 2.41. The maximum atomic E-state index is 6.08. The first-order valence-corrected chi connectivity index (χ1v) is 7.53. The molecule has 0 aromatic heterocycles. The predicted molar refractivity (Wildman–Crippen MR) is 87.2 cm³/mol. The maximum Gasteiger partial charge on any atom is 0.0409 e. The van der Waals surface area contributed by atoms with Gasteiger partial charge in [0.05, 0.1) is 0 Å². The standard InChI is InChI=1S/C18H22ClN/c1-4-18(15-6-5-7-17(19)11-15)20-12-16-9-8-13(2)10-14(16)3/h5-11,18,20H,4,12H2,1-3H3. The van der Waals surface area contributed by atoms with E-state index in [-0.39, 0.29) is 0 Å². The summed E-state index contributed by atoms with van der Waals surface area (Å²) in [6, 6.07) is 15.1. The van der Waals surface area contributed by atoms with Gasteiger partial charge in [-0.1, -0.05) is 54.4 Å². The largest absolute Gasteiger partial charge is 0.306 e. The van der Waals surface area contributed by atoms with Gasteiger partial charge in [-0.3, -0.25) is 0 Å². The molecule has 0 fully saturated rings. The van der Waals surface area contributed by atoms with Crippen LogP contribution in [-0.4, -0.2) is 0 Å². The van der Waals surface area contributed by atoms with Gasteiger partial charge in [0.2, 0.25) is 0 Å². The van der Waals surface area contributed by atoms with Crippen LogP contribution in [0, 0.1) is 13.8 Å². The van der Waals surface area contributed by atoms with Crippen molar-refractivity contribution < 1.29 is 0 Å². The van der Waals surface area contributed by atoms with Crippen molar-refractivity contribution in [2.45, 2.75) is 39.8 Å². The quantitative estimate of drug-likeness (QED) is 0.797. The number of aryl methyl sites for hydroxylation is 2. The highest BCUT2D eigenvalue weighted by molar-refractivity contribution is 6.30. The number of halogens is 1. The van der Waals surface area contributed by atoms with E-state index in [0.717, 1.165) is 18.0 Å². The third kappa shape index (κ3) is 3.84. The minimum atomic E-state index is 0.342. The Hall–Kier alpha value is -1.31. The third-order valence-corrected chi connectivity index (χ3v) is 3.93. The smallest absolute Gasteiger partial charge is 0.0409 e. The average molecular weight is 288 g/mol. The summed E-state index contributed by atoms with van der Waals surface area (Å²) in [6.07, 6.45) is 1.05. The van der Waals surface area contributed by atoms with Crippen LogP contribution in [0.1, 0.15) is 41.6 Å². The van der Waals surface area contributed by atoms with E-state index in [4.69, 9.17) is 11.6 Å². The molecule has 1 unspecified atom stereocenters. The highest BCUT2D eigenvalue weighted by atomic mass is 35.5. The monoisotopic (exact) mass is 287 g/mol. The van der Waals surface area contributed by atoms with Gasteiger partial charge in [-0.25, -0.2) is 0 Å². The van der Waals surface area contributed by atoms with Crippen LogP contribution in [0.3, 0.4) is 0 Å². The Balaban J connectivity index is 2.07. The molecule has 0 spiro atoms. The molecule has 0 heterocycles. The topological polar surface area (TPSA) is 12.0 Å². The van der Waals surface area contributed by atoms with Gasteiger partial charge < -0.3 is 5.32 Å². The van der Waals surface area contributed by atoms with Crippen LogP contribution in [0.2, 0.25) is 5.02 Å². The number of hydrogen-bond acceptors (Lipinski definition) is 1. The molecular formula is C18H22ClN. The lowest BCUT2D eigenvalue weighted by atomic mass is 10.0. The third-order valence-electron chi connectivity index (χ3n) is 3.70. The van der Waals surface area contributed by atoms with Crippen molar-refractivity contribution in [1.82, 2.24) is 5.32 Å². The summed E-state index contributed by atoms with van der Waals surface area (Å²) in [6.45, 7) is 7.38. The first-order chi connectivity index (χ1) is 9.60. The second-order valence-corrected chi connectivity index (χ2v) is 5.76. The van der Waals surface area contributed by atoms with E-state index in [1.165, 1.54) is 22.3 Å². The minimum absolute atomic E-state index is 0.342. The molecule has 2 heteroatoms. The summed E-state index contributed by atoms with van der Waals surface area (Å²) >= 11 is 6.08. The van der Waals surface area contributed by atoms with Crippen LogP contribution in [0.5, 0.6) is 0 Å². The zero-order valence-corrected chi connectivity index (χ0v) is 13.2. The van der Waals surface area contributed by atoms with Gasteiger partial charge in [-0.2, -0.15) is 0 Å². The van der Waals surface area contributed by atoms with Crippen molar-refractivity contribution in [2.75, 3.05) is 0 Å². The van der Waals surface area contributed by atoms with Crippen molar-refractivity contribution in [3.63, 3.8) is 0 Å². The Labute approximate surface area is 127 Å². The Morgan fingerprint density at radius 3 is 2.55 bits per heavy atom. The van der Waals surface area contributed by atoms with Gasteiger partial charge in [-0.05, 0) is 49.1 Å². The second-order valence-electron chi connectivity index (χ2n) is 5.33. The molecule has 0 saturated heterocycles. The SMILES string of the molecule is CCC(NCc1ccc(C)cc1C)c1cccc(Cl)c1. The van der Waals surface area contributed by atoms with Crippen molar-refractivity contribution in [2.24, 2.45) is 0 Å². The molecule has 0 radical (unpaired) electrons. The molecule has 0 aliphatic heterocycles. The van der Waals surface area contributed by atoms with Gasteiger partial charge in [0.1, 0.15) is 0 Å². The van der Waals surface area contributed by atoms with E-state index in [9.17, 15) is 0 Å². The van der Waals surface area contributed by atoms with Gasteiger partial charge in [0.25, 0.3) is 0 Å². The number of rotatable bonds is 5. The molecule has 2 aromatic carbocycles. The summed E-state index contributed by atoms with van der Waals surface area (Å²) < 4.78 is 0. The Kier molecular flexibility index (Phi) is 5.22. The molecular weight excluding hydrogens is 266 g/mol. The fraction of sp³-hybridized carbons (Fsp3) is 0.333. The van der Waals surface area contributed by atoms with Crippen molar-refractivity contribution in [3.8, 4) is 0 Å². The first-order valence-electron chi connectivity index (χ1n) is 7.15. The second kappa shape index (κ2) is 6.92. The summed E-state index contributed by atoms with van der Waals surface area (Å²) in [5.41, 5.74) is 5.27. The predicted octanol–water partition coefficient (Wildman–Crippen LogP) is 5.20. The fourth-order valence-corrected chi connectivity index (χ4v) is 2.70. The van der Waals surface area contributed by atoms with Gasteiger partial charge >= 0.3 is 0 Å². The summed E-state index contributed by atoms with van der Waals surface area (Å²) in [4.78, 5) is 0. The normalized spacial score (nSPS) is 12.4. The first kappa shape index (κ1) is 15.1. The molecule has 0 saturated carbocycles. The summed E-state index contributed by atoms with van der Waals surface area (Å²) in [5.74, 6) is 0. The maximum absolute atomic E-state index is 6.08. The van der Waals surface area contributed by atoms with Crippen LogP contribution >= 0.6 is 11.6 Å². The van der Waals surface area contributed by atoms with Crippen molar-refractivity contribution in [1.29, 1.82) is 0 Å². The van der Waals surface area contributed by atoms with E-state index in [2.05, 4.69) is 50.4 Å². The molecule has 2 aromatic rings. The lowest BCUT2D eigenvalue weighted by Gasteiger charge is -2.18. The summed E-state index contributed by atoms with van der Waals surface area (Å²) in [7, 11) is 0.